The summed E-state index contributed by atoms with van der Waals surface area (Å²) in [4.78, 5) is 24.3. The number of methoxy groups -OCH3 is 3. The maximum absolute atomic E-state index is 12.4. The average molecular weight is 480 g/mol. The van der Waals surface area contributed by atoms with Gasteiger partial charge in [-0.2, -0.15) is 5.10 Å². The number of hydrazone groups is 1. The van der Waals surface area contributed by atoms with Crippen molar-refractivity contribution < 1.29 is 28.9 Å². The standard InChI is InChI=1S/C20H22BrN3O6/c1-11-5-14(21)6-13(18(11)26)9-23-24-17(25)10-22-20(27)12-7-15(28-2)19(30-4)16(8-12)29-3/h5-9,26H,10H2,1-4H3,(H,22,27)(H,24,25)/b23-9-. The highest BCUT2D eigenvalue weighted by Gasteiger charge is 2.17. The van der Waals surface area contributed by atoms with Gasteiger partial charge in [0.2, 0.25) is 5.75 Å². The normalized spacial score (nSPS) is 10.6. The van der Waals surface area contributed by atoms with Crippen LogP contribution in [0.3, 0.4) is 0 Å². The second-order valence-corrected chi connectivity index (χ2v) is 6.97. The minimum absolute atomic E-state index is 0.0619. The summed E-state index contributed by atoms with van der Waals surface area (Å²) in [7, 11) is 4.34. The number of carbonyl (C=O) groups is 2. The van der Waals surface area contributed by atoms with Crippen LogP contribution >= 0.6 is 15.9 Å². The van der Waals surface area contributed by atoms with E-state index >= 15 is 0 Å². The van der Waals surface area contributed by atoms with Crippen LogP contribution in [0.2, 0.25) is 0 Å². The van der Waals surface area contributed by atoms with E-state index in [4.69, 9.17) is 14.2 Å². The van der Waals surface area contributed by atoms with Crippen molar-refractivity contribution in [2.75, 3.05) is 27.9 Å². The largest absolute Gasteiger partial charge is 0.507 e. The van der Waals surface area contributed by atoms with Gasteiger partial charge in [0, 0.05) is 15.6 Å². The van der Waals surface area contributed by atoms with Crippen molar-refractivity contribution in [1.82, 2.24) is 10.7 Å². The van der Waals surface area contributed by atoms with Crippen LogP contribution in [0.15, 0.2) is 33.8 Å². The first-order valence-electron chi connectivity index (χ1n) is 8.69. The third-order valence-corrected chi connectivity index (χ3v) is 4.48. The highest BCUT2D eigenvalue weighted by atomic mass is 79.9. The van der Waals surface area contributed by atoms with Gasteiger partial charge in [0.25, 0.3) is 11.8 Å². The third kappa shape index (κ3) is 5.63. The van der Waals surface area contributed by atoms with E-state index in [-0.39, 0.29) is 17.9 Å². The molecular weight excluding hydrogens is 458 g/mol. The van der Waals surface area contributed by atoms with Gasteiger partial charge in [0.05, 0.1) is 34.1 Å². The lowest BCUT2D eigenvalue weighted by molar-refractivity contribution is -0.120. The molecule has 3 N–H and O–H groups in total. The zero-order valence-electron chi connectivity index (χ0n) is 16.9. The number of benzene rings is 2. The maximum atomic E-state index is 12.4. The first kappa shape index (κ1) is 23.0. The molecule has 0 saturated carbocycles. The molecule has 0 saturated heterocycles. The molecule has 9 nitrogen and oxygen atoms in total. The molecule has 0 unspecified atom stereocenters. The number of rotatable bonds is 8. The Morgan fingerprint density at radius 2 is 1.73 bits per heavy atom. The number of hydrogen-bond acceptors (Lipinski definition) is 7. The lowest BCUT2D eigenvalue weighted by Gasteiger charge is -2.14. The lowest BCUT2D eigenvalue weighted by atomic mass is 10.1. The molecule has 2 rings (SSSR count). The van der Waals surface area contributed by atoms with Crippen LogP contribution < -0.4 is 25.0 Å². The third-order valence-electron chi connectivity index (χ3n) is 4.02. The van der Waals surface area contributed by atoms with Crippen LogP contribution in [0.4, 0.5) is 0 Å². The fraction of sp³-hybridized carbons (Fsp3) is 0.250. The van der Waals surface area contributed by atoms with Crippen molar-refractivity contribution in [2.45, 2.75) is 6.92 Å². The maximum Gasteiger partial charge on any atom is 0.259 e. The Balaban J connectivity index is 1.99. The van der Waals surface area contributed by atoms with Crippen LogP contribution in [-0.2, 0) is 4.79 Å². The SMILES string of the molecule is COc1cc(C(=O)NCC(=O)N/N=C\c2cc(Br)cc(C)c2O)cc(OC)c1OC. The zero-order chi connectivity index (χ0) is 22.3. The van der Waals surface area contributed by atoms with E-state index in [1.807, 2.05) is 0 Å². The Kier molecular flexibility index (Phi) is 8.05. The number of nitrogens with one attached hydrogen (secondary N) is 2. The molecule has 160 valence electrons. The number of aromatic hydroxyl groups is 1. The van der Waals surface area contributed by atoms with E-state index in [2.05, 4.69) is 31.8 Å². The number of ether oxygens (including phenoxy) is 3. The van der Waals surface area contributed by atoms with Gasteiger partial charge in [0.15, 0.2) is 11.5 Å². The summed E-state index contributed by atoms with van der Waals surface area (Å²) in [5.74, 6) is 0.00816. The lowest BCUT2D eigenvalue weighted by Crippen LogP contribution is -2.35. The second-order valence-electron chi connectivity index (χ2n) is 6.05. The van der Waals surface area contributed by atoms with Crippen LogP contribution in [0.25, 0.3) is 0 Å². The van der Waals surface area contributed by atoms with Crippen molar-refractivity contribution >= 4 is 34.0 Å². The van der Waals surface area contributed by atoms with Gasteiger partial charge in [-0.3, -0.25) is 9.59 Å². The number of halogens is 1. The van der Waals surface area contributed by atoms with Crippen LogP contribution in [-0.4, -0.2) is 51.0 Å². The van der Waals surface area contributed by atoms with Crippen LogP contribution in [0.1, 0.15) is 21.5 Å². The number of nitrogens with zero attached hydrogens (tertiary/aromatic N) is 1. The van der Waals surface area contributed by atoms with E-state index in [0.717, 1.165) is 4.47 Å². The van der Waals surface area contributed by atoms with Gasteiger partial charge in [-0.25, -0.2) is 5.43 Å². The Morgan fingerprint density at radius 3 is 2.30 bits per heavy atom. The van der Waals surface area contributed by atoms with Crippen molar-refractivity contribution in [3.8, 4) is 23.0 Å². The van der Waals surface area contributed by atoms with Crippen molar-refractivity contribution in [3.05, 3.63) is 45.4 Å². The average Bonchev–Trinajstić information content (AvgIpc) is 2.73. The summed E-state index contributed by atoms with van der Waals surface area (Å²) < 4.78 is 16.4. The monoisotopic (exact) mass is 479 g/mol. The Labute approximate surface area is 182 Å². The van der Waals surface area contributed by atoms with E-state index in [9.17, 15) is 14.7 Å². The summed E-state index contributed by atoms with van der Waals surface area (Å²) in [5, 5.41) is 16.3. The highest BCUT2D eigenvalue weighted by molar-refractivity contribution is 9.10. The van der Waals surface area contributed by atoms with Crippen molar-refractivity contribution in [1.29, 1.82) is 0 Å². The molecule has 0 atom stereocenters. The van der Waals surface area contributed by atoms with Gasteiger partial charge < -0.3 is 24.6 Å². The molecular formula is C20H22BrN3O6. The topological polar surface area (TPSA) is 118 Å². The molecule has 0 aliphatic heterocycles. The van der Waals surface area contributed by atoms with Gasteiger partial charge >= 0.3 is 0 Å². The summed E-state index contributed by atoms with van der Waals surface area (Å²) in [5.41, 5.74) is 3.61. The molecule has 2 aromatic rings. The summed E-state index contributed by atoms with van der Waals surface area (Å²) in [6, 6.07) is 6.37. The summed E-state index contributed by atoms with van der Waals surface area (Å²) in [6.07, 6.45) is 1.31. The molecule has 2 aromatic carbocycles. The first-order valence-corrected chi connectivity index (χ1v) is 9.49. The molecule has 0 spiro atoms. The van der Waals surface area contributed by atoms with Gasteiger partial charge in [0.1, 0.15) is 5.75 Å². The minimum Gasteiger partial charge on any atom is -0.507 e. The van der Waals surface area contributed by atoms with Crippen molar-refractivity contribution in [3.63, 3.8) is 0 Å². The fourth-order valence-electron chi connectivity index (χ4n) is 2.55. The fourth-order valence-corrected chi connectivity index (χ4v) is 3.14. The molecule has 0 aliphatic carbocycles. The summed E-state index contributed by atoms with van der Waals surface area (Å²) in [6.45, 7) is 1.44. The van der Waals surface area contributed by atoms with Gasteiger partial charge in [-0.05, 0) is 36.8 Å². The number of hydrogen-bond donors (Lipinski definition) is 3. The number of amides is 2. The molecule has 2 amide bonds. The molecule has 0 fully saturated rings. The summed E-state index contributed by atoms with van der Waals surface area (Å²) >= 11 is 3.33. The Morgan fingerprint density at radius 1 is 1.10 bits per heavy atom. The first-order chi connectivity index (χ1) is 14.3. The molecule has 0 heterocycles. The number of phenolic OH excluding ortho intramolecular Hbond substituents is 1. The quantitative estimate of drug-likeness (QED) is 0.395. The van der Waals surface area contributed by atoms with E-state index in [0.29, 0.717) is 28.4 Å². The van der Waals surface area contributed by atoms with Crippen molar-refractivity contribution in [2.24, 2.45) is 5.10 Å². The number of aryl methyl sites for hydroxylation is 1. The smallest absolute Gasteiger partial charge is 0.259 e. The van der Waals surface area contributed by atoms with E-state index in [1.165, 1.54) is 39.7 Å². The number of phenols is 1. The second kappa shape index (κ2) is 10.5. The highest BCUT2D eigenvalue weighted by Crippen LogP contribution is 2.38. The Bertz CT molecular complexity index is 952. The van der Waals surface area contributed by atoms with E-state index in [1.54, 1.807) is 19.1 Å². The molecule has 30 heavy (non-hydrogen) atoms. The predicted octanol–water partition coefficient (Wildman–Crippen LogP) is 2.37. The van der Waals surface area contributed by atoms with Crippen LogP contribution in [0.5, 0.6) is 23.0 Å². The van der Waals surface area contributed by atoms with Gasteiger partial charge in [-0.1, -0.05) is 15.9 Å². The predicted molar refractivity (Wildman–Crippen MR) is 115 cm³/mol. The zero-order valence-corrected chi connectivity index (χ0v) is 18.5. The molecule has 0 aliphatic rings. The molecule has 0 bridgehead atoms. The number of carbonyl (C=O) groups excluding carboxylic acids is 2. The van der Waals surface area contributed by atoms with Crippen LogP contribution in [0, 0.1) is 6.92 Å². The molecule has 10 heteroatoms. The Hall–Kier alpha value is -3.27. The minimum atomic E-state index is -0.543. The van der Waals surface area contributed by atoms with Gasteiger partial charge in [-0.15, -0.1) is 0 Å². The molecule has 0 aromatic heterocycles. The molecule has 0 radical (unpaired) electrons. The van der Waals surface area contributed by atoms with E-state index < -0.39 is 11.8 Å².